The van der Waals surface area contributed by atoms with Gasteiger partial charge in [0.1, 0.15) is 11.5 Å². The molecule has 0 spiro atoms. The molecule has 2 aromatic carbocycles. The van der Waals surface area contributed by atoms with E-state index in [1.807, 2.05) is 57.2 Å². The first-order valence-corrected chi connectivity index (χ1v) is 15.2. The third-order valence-corrected chi connectivity index (χ3v) is 7.39. The van der Waals surface area contributed by atoms with Gasteiger partial charge in [-0.3, -0.25) is 20.1 Å². The summed E-state index contributed by atoms with van der Waals surface area (Å²) in [6.07, 6.45) is 2.05. The molecule has 3 amide bonds. The van der Waals surface area contributed by atoms with Crippen LogP contribution in [0.25, 0.3) is 11.3 Å². The van der Waals surface area contributed by atoms with Crippen LogP contribution in [0.4, 0.5) is 16.4 Å². The molecule has 12 nitrogen and oxygen atoms in total. The highest BCUT2D eigenvalue weighted by atomic mass is 16.5. The van der Waals surface area contributed by atoms with Crippen molar-refractivity contribution in [1.29, 1.82) is 0 Å². The van der Waals surface area contributed by atoms with Gasteiger partial charge in [-0.1, -0.05) is 50.2 Å². The maximum Gasteiger partial charge on any atom is 0.320 e. The quantitative estimate of drug-likeness (QED) is 0.154. The lowest BCUT2D eigenvalue weighted by molar-refractivity contribution is 0.0368. The Bertz CT molecular complexity index is 1530. The molecule has 0 radical (unpaired) electrons. The fourth-order valence-electron chi connectivity index (χ4n) is 4.71. The molecule has 1 saturated heterocycles. The summed E-state index contributed by atoms with van der Waals surface area (Å²) in [5.74, 6) is 1.95. The van der Waals surface area contributed by atoms with Gasteiger partial charge in [-0.25, -0.2) is 4.79 Å². The topological polar surface area (TPSA) is 147 Å². The summed E-state index contributed by atoms with van der Waals surface area (Å²) in [7, 11) is 0. The number of benzene rings is 2. The zero-order chi connectivity index (χ0) is 31.6. The smallest absolute Gasteiger partial charge is 0.320 e. The fourth-order valence-corrected chi connectivity index (χ4v) is 4.71. The van der Waals surface area contributed by atoms with Crippen LogP contribution in [0.5, 0.6) is 5.75 Å². The molecule has 45 heavy (non-hydrogen) atoms. The average molecular weight is 616 g/mol. The maximum absolute atomic E-state index is 12.8. The predicted molar refractivity (Wildman–Crippen MR) is 171 cm³/mol. The van der Waals surface area contributed by atoms with E-state index in [4.69, 9.17) is 14.0 Å². The van der Waals surface area contributed by atoms with Crippen LogP contribution in [0, 0.1) is 0 Å². The largest absolute Gasteiger partial charge is 0.494 e. The van der Waals surface area contributed by atoms with Gasteiger partial charge >= 0.3 is 6.03 Å². The summed E-state index contributed by atoms with van der Waals surface area (Å²) in [6.45, 7) is 11.7. The fraction of sp³-hybridized carbons (Fsp3) is 0.394. The molecule has 1 fully saturated rings. The zero-order valence-electron chi connectivity index (χ0n) is 26.0. The Labute approximate surface area is 262 Å². The van der Waals surface area contributed by atoms with Gasteiger partial charge in [-0.05, 0) is 54.8 Å². The Morgan fingerprint density at radius 3 is 2.42 bits per heavy atom. The van der Waals surface area contributed by atoms with E-state index in [1.54, 1.807) is 24.3 Å². The summed E-state index contributed by atoms with van der Waals surface area (Å²) in [5, 5.41) is 19.4. The molecule has 3 heterocycles. The van der Waals surface area contributed by atoms with Crippen LogP contribution in [0.1, 0.15) is 55.3 Å². The summed E-state index contributed by atoms with van der Waals surface area (Å²) in [5.41, 5.74) is 2.87. The van der Waals surface area contributed by atoms with E-state index in [0.717, 1.165) is 68.3 Å². The average Bonchev–Trinajstić information content (AvgIpc) is 3.71. The van der Waals surface area contributed by atoms with E-state index in [-0.39, 0.29) is 17.4 Å². The Balaban J connectivity index is 1.03. The summed E-state index contributed by atoms with van der Waals surface area (Å²) in [4.78, 5) is 27.5. The van der Waals surface area contributed by atoms with Crippen molar-refractivity contribution >= 4 is 23.6 Å². The third-order valence-electron chi connectivity index (χ3n) is 7.39. The number of hydrogen-bond acceptors (Lipinski definition) is 8. The molecule has 4 aromatic rings. The normalized spacial score (nSPS) is 13.8. The minimum absolute atomic E-state index is 0.197. The van der Waals surface area contributed by atoms with E-state index >= 15 is 0 Å². The van der Waals surface area contributed by atoms with Gasteiger partial charge in [0.2, 0.25) is 0 Å². The minimum Gasteiger partial charge on any atom is -0.494 e. The van der Waals surface area contributed by atoms with Crippen LogP contribution in [-0.2, 0) is 16.7 Å². The number of amides is 3. The second kappa shape index (κ2) is 14.9. The van der Waals surface area contributed by atoms with Gasteiger partial charge in [-0.15, -0.1) is 0 Å². The predicted octanol–water partition coefficient (Wildman–Crippen LogP) is 5.43. The Morgan fingerprint density at radius 1 is 0.956 bits per heavy atom. The van der Waals surface area contributed by atoms with Crippen LogP contribution >= 0.6 is 0 Å². The molecule has 238 valence electrons. The number of morpholine rings is 1. The number of urea groups is 1. The SMILES string of the molecule is CC(C)(C)c1cc(NC(=O)NCc2ccc(-c3cc(NC(=O)c4ccc(OCCCCN5CCOCC5)cc4)n[nH]3)cc2)no1. The van der Waals surface area contributed by atoms with Crippen molar-refractivity contribution in [3.8, 4) is 17.0 Å². The van der Waals surface area contributed by atoms with Gasteiger partial charge in [0.25, 0.3) is 5.91 Å². The van der Waals surface area contributed by atoms with Crippen molar-refractivity contribution in [2.45, 2.75) is 45.6 Å². The number of carbonyl (C=O) groups is 2. The number of nitrogens with one attached hydrogen (secondary N) is 4. The first-order valence-electron chi connectivity index (χ1n) is 15.2. The van der Waals surface area contributed by atoms with Crippen LogP contribution in [-0.4, -0.2) is 71.6 Å². The number of hydrogen-bond donors (Lipinski definition) is 4. The van der Waals surface area contributed by atoms with Crippen molar-refractivity contribution in [2.75, 3.05) is 50.1 Å². The van der Waals surface area contributed by atoms with Crippen LogP contribution in [0.2, 0.25) is 0 Å². The van der Waals surface area contributed by atoms with E-state index in [2.05, 4.69) is 36.2 Å². The van der Waals surface area contributed by atoms with E-state index in [9.17, 15) is 9.59 Å². The lowest BCUT2D eigenvalue weighted by Gasteiger charge is -2.26. The number of aromatic amines is 1. The number of rotatable bonds is 12. The standard InChI is InChI=1S/C33H41N7O5/c1-33(2,3)28-21-30(39-45-28)36-32(42)34-22-23-6-8-24(9-7-23)27-20-29(38-37-27)35-31(41)25-10-12-26(13-11-25)44-17-5-4-14-40-15-18-43-19-16-40/h6-13,20-21H,4-5,14-19,22H2,1-3H3,(H2,34,36,39,42)(H2,35,37,38,41). The van der Waals surface area contributed by atoms with Crippen LogP contribution < -0.4 is 20.7 Å². The third kappa shape index (κ3) is 9.40. The van der Waals surface area contributed by atoms with Crippen molar-refractivity contribution in [1.82, 2.24) is 25.6 Å². The molecule has 0 saturated carbocycles. The maximum atomic E-state index is 12.8. The molecule has 0 unspecified atom stereocenters. The highest BCUT2D eigenvalue weighted by Gasteiger charge is 2.20. The van der Waals surface area contributed by atoms with Crippen molar-refractivity contribution in [3.05, 3.63) is 77.6 Å². The van der Waals surface area contributed by atoms with Gasteiger partial charge in [0.15, 0.2) is 11.6 Å². The van der Waals surface area contributed by atoms with E-state index < -0.39 is 0 Å². The molecule has 0 bridgehead atoms. The molecule has 1 aliphatic rings. The molecule has 0 atom stereocenters. The highest BCUT2D eigenvalue weighted by molar-refractivity contribution is 6.04. The summed E-state index contributed by atoms with van der Waals surface area (Å²) >= 11 is 0. The number of ether oxygens (including phenoxy) is 2. The molecule has 12 heteroatoms. The van der Waals surface area contributed by atoms with Crippen molar-refractivity contribution < 1.29 is 23.6 Å². The molecule has 2 aromatic heterocycles. The van der Waals surface area contributed by atoms with Gasteiger partial charge in [0, 0.05) is 42.7 Å². The highest BCUT2D eigenvalue weighted by Crippen LogP contribution is 2.24. The Hall–Kier alpha value is -4.68. The van der Waals surface area contributed by atoms with Crippen molar-refractivity contribution in [3.63, 3.8) is 0 Å². The van der Waals surface area contributed by atoms with Gasteiger partial charge in [-0.2, -0.15) is 5.10 Å². The number of aromatic nitrogens is 3. The van der Waals surface area contributed by atoms with Gasteiger partial charge < -0.3 is 24.6 Å². The Morgan fingerprint density at radius 2 is 1.71 bits per heavy atom. The molecular formula is C33H41N7O5. The van der Waals surface area contributed by atoms with Crippen LogP contribution in [0.15, 0.2) is 65.2 Å². The van der Waals surface area contributed by atoms with E-state index in [0.29, 0.717) is 36.1 Å². The summed E-state index contributed by atoms with van der Waals surface area (Å²) in [6, 6.07) is 17.9. The second-order valence-corrected chi connectivity index (χ2v) is 12.0. The lowest BCUT2D eigenvalue weighted by atomic mass is 9.93. The number of H-pyrrole nitrogens is 1. The number of carbonyl (C=O) groups excluding carboxylic acids is 2. The molecule has 4 N–H and O–H groups in total. The Kier molecular flexibility index (Phi) is 10.5. The summed E-state index contributed by atoms with van der Waals surface area (Å²) < 4.78 is 16.5. The first-order chi connectivity index (χ1) is 21.7. The molecule has 5 rings (SSSR count). The zero-order valence-corrected chi connectivity index (χ0v) is 26.0. The number of unbranched alkanes of at least 4 members (excludes halogenated alkanes) is 1. The monoisotopic (exact) mass is 615 g/mol. The van der Waals surface area contributed by atoms with Gasteiger partial charge in [0.05, 0.1) is 25.5 Å². The van der Waals surface area contributed by atoms with Crippen molar-refractivity contribution in [2.24, 2.45) is 0 Å². The molecular weight excluding hydrogens is 574 g/mol. The lowest BCUT2D eigenvalue weighted by Crippen LogP contribution is -2.36. The number of nitrogens with zero attached hydrogens (tertiary/aromatic N) is 3. The minimum atomic E-state index is -0.376. The molecule has 0 aliphatic carbocycles. The second-order valence-electron chi connectivity index (χ2n) is 12.0. The van der Waals surface area contributed by atoms with Crippen LogP contribution in [0.3, 0.4) is 0 Å². The number of anilines is 2. The van der Waals surface area contributed by atoms with E-state index in [1.165, 1.54) is 0 Å². The first kappa shape index (κ1) is 31.7. The molecule has 1 aliphatic heterocycles.